The van der Waals surface area contributed by atoms with Crippen LogP contribution >= 0.6 is 11.6 Å². The molecule has 0 aliphatic heterocycles. The summed E-state index contributed by atoms with van der Waals surface area (Å²) in [5.41, 5.74) is 3.63. The van der Waals surface area contributed by atoms with E-state index in [1.54, 1.807) is 6.20 Å². The van der Waals surface area contributed by atoms with Gasteiger partial charge in [-0.3, -0.25) is 4.98 Å². The molecule has 0 atom stereocenters. The molecule has 138 valence electrons. The minimum absolute atomic E-state index is 0.132. The van der Waals surface area contributed by atoms with Crippen molar-refractivity contribution in [2.24, 2.45) is 0 Å². The predicted molar refractivity (Wildman–Crippen MR) is 108 cm³/mol. The zero-order valence-corrected chi connectivity index (χ0v) is 17.9. The molecule has 0 amide bonds. The highest BCUT2D eigenvalue weighted by atomic mass is 35.5. The van der Waals surface area contributed by atoms with Gasteiger partial charge in [0.15, 0.2) is 8.32 Å². The minimum atomic E-state index is -1.90. The molecule has 0 saturated carbocycles. The van der Waals surface area contributed by atoms with Crippen LogP contribution in [0.4, 0.5) is 0 Å². The highest BCUT2D eigenvalue weighted by Crippen LogP contribution is 2.37. The molecule has 3 heterocycles. The summed E-state index contributed by atoms with van der Waals surface area (Å²) in [6.07, 6.45) is 3.60. The van der Waals surface area contributed by atoms with Crippen LogP contribution in [0.15, 0.2) is 30.6 Å². The molecule has 0 bridgehead atoms. The van der Waals surface area contributed by atoms with Gasteiger partial charge in [-0.25, -0.2) is 9.67 Å². The first-order chi connectivity index (χ1) is 12.1. The lowest BCUT2D eigenvalue weighted by Gasteiger charge is -2.36. The van der Waals surface area contributed by atoms with Crippen molar-refractivity contribution >= 4 is 30.8 Å². The number of rotatable bonds is 4. The quantitative estimate of drug-likeness (QED) is 0.449. The maximum absolute atomic E-state index is 6.39. The van der Waals surface area contributed by atoms with Crippen LogP contribution in [0.25, 0.3) is 16.6 Å². The van der Waals surface area contributed by atoms with Gasteiger partial charge in [0.1, 0.15) is 5.15 Å². The maximum Gasteiger partial charge on any atom is 0.192 e. The Kier molecular flexibility index (Phi) is 4.94. The first kappa shape index (κ1) is 19.0. The first-order valence-corrected chi connectivity index (χ1v) is 12.0. The van der Waals surface area contributed by atoms with E-state index in [-0.39, 0.29) is 5.04 Å². The van der Waals surface area contributed by atoms with E-state index < -0.39 is 8.32 Å². The summed E-state index contributed by atoms with van der Waals surface area (Å²) >= 11 is 6.24. The monoisotopic (exact) mass is 388 g/mol. The molecule has 0 fully saturated rings. The second-order valence-corrected chi connectivity index (χ2v) is 13.3. The first-order valence-electron chi connectivity index (χ1n) is 8.69. The minimum Gasteiger partial charge on any atom is -0.411 e. The number of fused-ring (bicyclic) bond motifs is 1. The highest BCUT2D eigenvalue weighted by molar-refractivity contribution is 6.74. The average Bonchev–Trinajstić information content (AvgIpc) is 2.95. The molecule has 3 rings (SSSR count). The van der Waals surface area contributed by atoms with Gasteiger partial charge in [-0.1, -0.05) is 32.4 Å². The lowest BCUT2D eigenvalue weighted by Crippen LogP contribution is -2.40. The number of hydrogen-bond acceptors (Lipinski definition) is 4. The topological polar surface area (TPSA) is 52.8 Å². The normalized spacial score (nSPS) is 12.7. The largest absolute Gasteiger partial charge is 0.411 e. The molecule has 0 radical (unpaired) electrons. The van der Waals surface area contributed by atoms with Gasteiger partial charge in [-0.15, -0.1) is 0 Å². The Balaban J connectivity index is 2.06. The van der Waals surface area contributed by atoms with Gasteiger partial charge < -0.3 is 4.43 Å². The number of hydrogen-bond donors (Lipinski definition) is 0. The second-order valence-electron chi connectivity index (χ2n) is 8.09. The van der Waals surface area contributed by atoms with Crippen LogP contribution in [-0.2, 0) is 11.0 Å². The summed E-state index contributed by atoms with van der Waals surface area (Å²) in [4.78, 5) is 8.82. The fourth-order valence-electron chi connectivity index (χ4n) is 2.52. The van der Waals surface area contributed by atoms with Crippen molar-refractivity contribution in [3.63, 3.8) is 0 Å². The summed E-state index contributed by atoms with van der Waals surface area (Å²) in [6, 6.07) is 5.77. The molecule has 0 spiro atoms. The number of pyridine rings is 2. The van der Waals surface area contributed by atoms with Gasteiger partial charge in [-0.2, -0.15) is 5.10 Å². The molecule has 0 unspecified atom stereocenters. The average molecular weight is 389 g/mol. The van der Waals surface area contributed by atoms with Gasteiger partial charge in [0.2, 0.25) is 0 Å². The molecular weight excluding hydrogens is 364 g/mol. The Morgan fingerprint density at radius 2 is 1.96 bits per heavy atom. The van der Waals surface area contributed by atoms with Crippen LogP contribution in [0.5, 0.6) is 0 Å². The zero-order valence-electron chi connectivity index (χ0n) is 16.2. The molecule has 0 aromatic carbocycles. The molecule has 0 N–H and O–H groups in total. The SMILES string of the molecule is Cc1cc(-n2ncc3cc(Cl)nc(CO[Si](C)(C)C(C)(C)C)c32)ccn1. The third-order valence-corrected chi connectivity index (χ3v) is 9.76. The maximum atomic E-state index is 6.39. The van der Waals surface area contributed by atoms with Crippen molar-refractivity contribution in [2.45, 2.75) is 52.4 Å². The van der Waals surface area contributed by atoms with E-state index in [9.17, 15) is 0 Å². The third kappa shape index (κ3) is 3.68. The van der Waals surface area contributed by atoms with E-state index in [1.807, 2.05) is 36.0 Å². The van der Waals surface area contributed by atoms with Gasteiger partial charge in [-0.05, 0) is 43.3 Å². The van der Waals surface area contributed by atoms with E-state index in [0.717, 1.165) is 28.0 Å². The summed E-state index contributed by atoms with van der Waals surface area (Å²) in [6.45, 7) is 13.5. The Labute approximate surface area is 160 Å². The van der Waals surface area contributed by atoms with E-state index >= 15 is 0 Å². The van der Waals surface area contributed by atoms with Crippen molar-refractivity contribution in [2.75, 3.05) is 0 Å². The number of halogens is 1. The van der Waals surface area contributed by atoms with Crippen molar-refractivity contribution in [3.05, 3.63) is 47.1 Å². The molecule has 0 saturated heterocycles. The van der Waals surface area contributed by atoms with E-state index in [0.29, 0.717) is 11.8 Å². The molecule has 3 aromatic rings. The lowest BCUT2D eigenvalue weighted by atomic mass is 10.2. The van der Waals surface area contributed by atoms with E-state index in [2.05, 4.69) is 48.9 Å². The number of nitrogens with zero attached hydrogens (tertiary/aromatic N) is 4. The smallest absolute Gasteiger partial charge is 0.192 e. The van der Waals surface area contributed by atoms with Gasteiger partial charge >= 0.3 is 0 Å². The van der Waals surface area contributed by atoms with Crippen molar-refractivity contribution in [3.8, 4) is 5.69 Å². The van der Waals surface area contributed by atoms with Crippen molar-refractivity contribution < 1.29 is 4.43 Å². The summed E-state index contributed by atoms with van der Waals surface area (Å²) in [5.74, 6) is 0. The number of aromatic nitrogens is 4. The Morgan fingerprint density at radius 1 is 1.23 bits per heavy atom. The Bertz CT molecular complexity index is 946. The molecule has 0 aliphatic carbocycles. The summed E-state index contributed by atoms with van der Waals surface area (Å²) in [7, 11) is -1.90. The van der Waals surface area contributed by atoms with Crippen LogP contribution in [0.2, 0.25) is 23.3 Å². The van der Waals surface area contributed by atoms with Gasteiger partial charge in [0.05, 0.1) is 29.7 Å². The molecule has 7 heteroatoms. The molecule has 5 nitrogen and oxygen atoms in total. The predicted octanol–water partition coefficient (Wildman–Crippen LogP) is 5.30. The standard InChI is InChI=1S/C19H25ClN4OSi/c1-13-9-15(7-8-21-13)24-18-14(11-22-24)10-17(20)23-16(18)12-25-26(5,6)19(2,3)4/h7-11H,12H2,1-6H3. The van der Waals surface area contributed by atoms with Crippen LogP contribution < -0.4 is 0 Å². The molecule has 0 aliphatic rings. The van der Waals surface area contributed by atoms with E-state index in [1.165, 1.54) is 0 Å². The summed E-state index contributed by atoms with van der Waals surface area (Å²) < 4.78 is 8.28. The van der Waals surface area contributed by atoms with Crippen LogP contribution in [0.3, 0.4) is 0 Å². The van der Waals surface area contributed by atoms with E-state index in [4.69, 9.17) is 16.0 Å². The van der Waals surface area contributed by atoms with Gasteiger partial charge in [0, 0.05) is 17.3 Å². The summed E-state index contributed by atoms with van der Waals surface area (Å²) in [5, 5.41) is 6.09. The van der Waals surface area contributed by atoms with Crippen LogP contribution in [0, 0.1) is 6.92 Å². The highest BCUT2D eigenvalue weighted by Gasteiger charge is 2.37. The lowest BCUT2D eigenvalue weighted by molar-refractivity contribution is 0.273. The second kappa shape index (κ2) is 6.76. The Hall–Kier alpha value is -1.76. The van der Waals surface area contributed by atoms with Crippen LogP contribution in [-0.4, -0.2) is 28.1 Å². The fraction of sp³-hybridized carbons (Fsp3) is 0.421. The van der Waals surface area contributed by atoms with Crippen LogP contribution in [0.1, 0.15) is 32.2 Å². The molecular formula is C19H25ClN4OSi. The third-order valence-electron chi connectivity index (χ3n) is 5.09. The van der Waals surface area contributed by atoms with Gasteiger partial charge in [0.25, 0.3) is 0 Å². The fourth-order valence-corrected chi connectivity index (χ4v) is 3.67. The zero-order chi connectivity index (χ0) is 19.1. The molecule has 3 aromatic heterocycles. The number of aryl methyl sites for hydroxylation is 1. The molecule has 26 heavy (non-hydrogen) atoms. The van der Waals surface area contributed by atoms with Crippen molar-refractivity contribution in [1.82, 2.24) is 19.7 Å². The Morgan fingerprint density at radius 3 is 2.62 bits per heavy atom. The van der Waals surface area contributed by atoms with Crippen molar-refractivity contribution in [1.29, 1.82) is 0 Å².